The van der Waals surface area contributed by atoms with Crippen molar-refractivity contribution < 1.29 is 14.4 Å². The molecular weight excluding hydrogens is 350 g/mol. The maximum atomic E-state index is 12.2. The highest BCUT2D eigenvalue weighted by Crippen LogP contribution is 2.31. The second kappa shape index (κ2) is 7.69. The van der Waals surface area contributed by atoms with Crippen molar-refractivity contribution in [1.29, 1.82) is 0 Å². The summed E-state index contributed by atoms with van der Waals surface area (Å²) in [6.07, 6.45) is 0. The first-order valence-electron chi connectivity index (χ1n) is 8.05. The third kappa shape index (κ3) is 3.95. The topological polar surface area (TPSA) is 96.5 Å². The number of aromatic nitrogens is 2. The van der Waals surface area contributed by atoms with E-state index in [0.717, 1.165) is 11.1 Å². The largest absolute Gasteiger partial charge is 0.493 e. The van der Waals surface area contributed by atoms with Gasteiger partial charge in [0, 0.05) is 23.8 Å². The van der Waals surface area contributed by atoms with Crippen LogP contribution in [0.4, 0.5) is 5.69 Å². The van der Waals surface area contributed by atoms with Crippen molar-refractivity contribution in [2.24, 2.45) is 0 Å². The lowest BCUT2D eigenvalue weighted by Crippen LogP contribution is -2.22. The minimum absolute atomic E-state index is 0.00173. The molecule has 0 spiro atoms. The molecule has 3 rings (SSSR count). The van der Waals surface area contributed by atoms with Crippen molar-refractivity contribution in [3.63, 3.8) is 0 Å². The molecule has 27 heavy (non-hydrogen) atoms. The van der Waals surface area contributed by atoms with Gasteiger partial charge in [-0.15, -0.1) is 0 Å². The van der Waals surface area contributed by atoms with Gasteiger partial charge >= 0.3 is 0 Å². The summed E-state index contributed by atoms with van der Waals surface area (Å²) in [4.78, 5) is 22.4. The lowest BCUT2D eigenvalue weighted by Gasteiger charge is -2.11. The molecule has 0 N–H and O–H groups in total. The van der Waals surface area contributed by atoms with Gasteiger partial charge in [-0.2, -0.15) is 5.10 Å². The summed E-state index contributed by atoms with van der Waals surface area (Å²) in [5.41, 5.74) is 1.83. The average molecular weight is 367 g/mol. The molecule has 3 aromatic rings. The Morgan fingerprint density at radius 1 is 1.00 bits per heavy atom. The number of benzene rings is 2. The number of hydrogen-bond acceptors (Lipinski definition) is 6. The number of non-ortho nitro benzene ring substituents is 1. The van der Waals surface area contributed by atoms with E-state index in [1.165, 1.54) is 22.9 Å². The van der Waals surface area contributed by atoms with E-state index in [-0.39, 0.29) is 17.8 Å². The van der Waals surface area contributed by atoms with E-state index in [4.69, 9.17) is 9.47 Å². The van der Waals surface area contributed by atoms with Gasteiger partial charge in [-0.1, -0.05) is 12.1 Å². The molecule has 8 nitrogen and oxygen atoms in total. The predicted molar refractivity (Wildman–Crippen MR) is 99.2 cm³/mol. The molecule has 0 saturated carbocycles. The first-order chi connectivity index (χ1) is 13.0. The molecule has 0 aliphatic rings. The molecule has 0 aliphatic carbocycles. The summed E-state index contributed by atoms with van der Waals surface area (Å²) in [6, 6.07) is 14.5. The van der Waals surface area contributed by atoms with Crippen LogP contribution in [0.15, 0.2) is 59.4 Å². The van der Waals surface area contributed by atoms with Gasteiger partial charge in [-0.05, 0) is 29.8 Å². The lowest BCUT2D eigenvalue weighted by atomic mass is 10.1. The Balaban J connectivity index is 1.92. The van der Waals surface area contributed by atoms with Crippen LogP contribution in [0.25, 0.3) is 11.3 Å². The zero-order valence-corrected chi connectivity index (χ0v) is 14.8. The monoisotopic (exact) mass is 367 g/mol. The van der Waals surface area contributed by atoms with Crippen molar-refractivity contribution in [2.45, 2.75) is 6.54 Å². The van der Waals surface area contributed by atoms with E-state index in [2.05, 4.69) is 5.10 Å². The fourth-order valence-electron chi connectivity index (χ4n) is 2.61. The Morgan fingerprint density at radius 3 is 2.33 bits per heavy atom. The molecule has 0 fully saturated rings. The van der Waals surface area contributed by atoms with Crippen LogP contribution in [0.1, 0.15) is 5.56 Å². The number of rotatable bonds is 6. The zero-order chi connectivity index (χ0) is 19.4. The Morgan fingerprint density at radius 2 is 1.70 bits per heavy atom. The highest BCUT2D eigenvalue weighted by molar-refractivity contribution is 5.63. The number of hydrogen-bond donors (Lipinski definition) is 0. The van der Waals surface area contributed by atoms with Crippen LogP contribution in [-0.2, 0) is 6.54 Å². The van der Waals surface area contributed by atoms with Gasteiger partial charge in [-0.3, -0.25) is 14.9 Å². The zero-order valence-electron chi connectivity index (χ0n) is 14.8. The molecule has 0 radical (unpaired) electrons. The lowest BCUT2D eigenvalue weighted by molar-refractivity contribution is -0.384. The molecule has 2 aromatic carbocycles. The third-order valence-corrected chi connectivity index (χ3v) is 4.03. The maximum absolute atomic E-state index is 12.2. The van der Waals surface area contributed by atoms with Crippen LogP contribution >= 0.6 is 0 Å². The van der Waals surface area contributed by atoms with Crippen molar-refractivity contribution in [3.05, 3.63) is 80.6 Å². The minimum Gasteiger partial charge on any atom is -0.493 e. The summed E-state index contributed by atoms with van der Waals surface area (Å²) in [7, 11) is 3.10. The molecule has 1 heterocycles. The van der Waals surface area contributed by atoms with E-state index in [0.29, 0.717) is 17.2 Å². The van der Waals surface area contributed by atoms with E-state index < -0.39 is 4.92 Å². The molecule has 0 unspecified atom stereocenters. The molecule has 0 bridgehead atoms. The summed E-state index contributed by atoms with van der Waals surface area (Å²) < 4.78 is 11.8. The predicted octanol–water partition coefficient (Wildman–Crippen LogP) is 2.88. The fraction of sp³-hybridized carbons (Fsp3) is 0.158. The highest BCUT2D eigenvalue weighted by atomic mass is 16.6. The Bertz CT molecular complexity index is 1030. The average Bonchev–Trinajstić information content (AvgIpc) is 2.69. The van der Waals surface area contributed by atoms with Crippen molar-refractivity contribution >= 4 is 5.69 Å². The van der Waals surface area contributed by atoms with Gasteiger partial charge in [0.15, 0.2) is 11.5 Å². The number of ether oxygens (including phenoxy) is 2. The van der Waals surface area contributed by atoms with Crippen molar-refractivity contribution in [1.82, 2.24) is 9.78 Å². The van der Waals surface area contributed by atoms with Crippen molar-refractivity contribution in [3.8, 4) is 22.8 Å². The second-order valence-corrected chi connectivity index (χ2v) is 5.71. The molecule has 0 atom stereocenters. The van der Waals surface area contributed by atoms with Crippen LogP contribution in [-0.4, -0.2) is 28.9 Å². The molecule has 0 amide bonds. The smallest absolute Gasteiger partial charge is 0.269 e. The fourth-order valence-corrected chi connectivity index (χ4v) is 2.61. The summed E-state index contributed by atoms with van der Waals surface area (Å²) in [5.74, 6) is 1.16. The van der Waals surface area contributed by atoms with Gasteiger partial charge in [0.05, 0.1) is 31.4 Å². The summed E-state index contributed by atoms with van der Waals surface area (Å²) in [6.45, 7) is 0.206. The summed E-state index contributed by atoms with van der Waals surface area (Å²) >= 11 is 0. The van der Waals surface area contributed by atoms with E-state index in [9.17, 15) is 14.9 Å². The number of nitro groups is 1. The molecule has 138 valence electrons. The Hall–Kier alpha value is -3.68. The summed E-state index contributed by atoms with van der Waals surface area (Å²) in [5, 5.41) is 15.1. The van der Waals surface area contributed by atoms with E-state index in [1.807, 2.05) is 6.07 Å². The molecule has 8 heteroatoms. The van der Waals surface area contributed by atoms with Crippen LogP contribution < -0.4 is 15.0 Å². The molecule has 1 aromatic heterocycles. The Kier molecular flexibility index (Phi) is 5.16. The maximum Gasteiger partial charge on any atom is 0.269 e. The normalized spacial score (nSPS) is 10.4. The third-order valence-electron chi connectivity index (χ3n) is 4.03. The first kappa shape index (κ1) is 18.1. The van der Waals surface area contributed by atoms with Gasteiger partial charge < -0.3 is 9.47 Å². The quantitative estimate of drug-likeness (QED) is 0.491. The van der Waals surface area contributed by atoms with Gasteiger partial charge in [0.2, 0.25) is 0 Å². The van der Waals surface area contributed by atoms with Crippen LogP contribution in [0.3, 0.4) is 0 Å². The standard InChI is InChI=1S/C19H17N3O5/c1-26-17-9-5-14(11-18(17)27-2)16-8-10-19(23)21(20-16)12-13-3-6-15(7-4-13)22(24)25/h3-11H,12H2,1-2H3. The molecular formula is C19H17N3O5. The van der Waals surface area contributed by atoms with Crippen molar-refractivity contribution in [2.75, 3.05) is 14.2 Å². The van der Waals surface area contributed by atoms with Gasteiger partial charge in [-0.25, -0.2) is 4.68 Å². The van der Waals surface area contributed by atoms with Crippen LogP contribution in [0, 0.1) is 10.1 Å². The minimum atomic E-state index is -0.466. The Labute approximate surface area is 154 Å². The first-order valence-corrected chi connectivity index (χ1v) is 8.05. The second-order valence-electron chi connectivity index (χ2n) is 5.71. The molecule has 0 aliphatic heterocycles. The highest BCUT2D eigenvalue weighted by Gasteiger charge is 2.10. The van der Waals surface area contributed by atoms with E-state index >= 15 is 0 Å². The van der Waals surface area contributed by atoms with Crippen LogP contribution in [0.5, 0.6) is 11.5 Å². The van der Waals surface area contributed by atoms with Crippen LogP contribution in [0.2, 0.25) is 0 Å². The van der Waals surface area contributed by atoms with E-state index in [1.54, 1.807) is 44.6 Å². The molecule has 0 saturated heterocycles. The van der Waals surface area contributed by atoms with Gasteiger partial charge in [0.1, 0.15) is 0 Å². The SMILES string of the molecule is COc1ccc(-c2ccc(=O)n(Cc3ccc([N+](=O)[O-])cc3)n2)cc1OC. The number of nitro benzene ring substituents is 1. The number of methoxy groups -OCH3 is 2. The number of nitrogens with zero attached hydrogens (tertiary/aromatic N) is 3. The van der Waals surface area contributed by atoms with Gasteiger partial charge in [0.25, 0.3) is 11.2 Å².